The number of rotatable bonds is 3. The Bertz CT molecular complexity index is 530. The average molecular weight is 272 g/mol. The lowest BCUT2D eigenvalue weighted by atomic mass is 10.0. The zero-order valence-electron chi connectivity index (χ0n) is 12.2. The van der Waals surface area contributed by atoms with E-state index in [0.717, 1.165) is 30.4 Å². The highest BCUT2D eigenvalue weighted by atomic mass is 16.3. The Hall–Kier alpha value is -1.32. The van der Waals surface area contributed by atoms with Gasteiger partial charge >= 0.3 is 0 Å². The van der Waals surface area contributed by atoms with Crippen LogP contribution in [0.1, 0.15) is 38.0 Å². The molecule has 2 unspecified atom stereocenters. The van der Waals surface area contributed by atoms with Crippen LogP contribution in [-0.2, 0) is 0 Å². The lowest BCUT2D eigenvalue weighted by Gasteiger charge is -2.28. The number of fused-ring (bicyclic) bond motifs is 1. The Kier molecular flexibility index (Phi) is 4.08. The van der Waals surface area contributed by atoms with E-state index in [1.165, 1.54) is 24.6 Å². The van der Waals surface area contributed by atoms with Gasteiger partial charge in [-0.25, -0.2) is 0 Å². The van der Waals surface area contributed by atoms with Gasteiger partial charge in [-0.2, -0.15) is 0 Å². The van der Waals surface area contributed by atoms with Crippen molar-refractivity contribution < 1.29 is 4.42 Å². The molecule has 20 heavy (non-hydrogen) atoms. The Balaban J connectivity index is 1.84. The molecule has 3 rings (SSSR count). The van der Waals surface area contributed by atoms with Crippen LogP contribution in [0.4, 0.5) is 0 Å². The fraction of sp³-hybridized carbons (Fsp3) is 0.529. The van der Waals surface area contributed by atoms with E-state index in [2.05, 4.69) is 24.0 Å². The van der Waals surface area contributed by atoms with E-state index in [-0.39, 0.29) is 6.04 Å². The first-order valence-electron chi connectivity index (χ1n) is 7.70. The van der Waals surface area contributed by atoms with Crippen LogP contribution >= 0.6 is 0 Å². The summed E-state index contributed by atoms with van der Waals surface area (Å²) in [5.74, 6) is 1.84. The Labute approximate surface area is 120 Å². The second-order valence-electron chi connectivity index (χ2n) is 6.01. The third-order valence-corrected chi connectivity index (χ3v) is 4.49. The van der Waals surface area contributed by atoms with E-state index < -0.39 is 0 Å². The molecule has 2 N–H and O–H groups in total. The summed E-state index contributed by atoms with van der Waals surface area (Å²) in [5.41, 5.74) is 7.00. The number of nitrogens with zero attached hydrogens (tertiary/aromatic N) is 1. The normalized spacial score (nSPS) is 22.8. The first-order chi connectivity index (χ1) is 9.78. The van der Waals surface area contributed by atoms with Crippen LogP contribution in [0.3, 0.4) is 0 Å². The van der Waals surface area contributed by atoms with Crippen molar-refractivity contribution >= 4 is 11.0 Å². The summed E-state index contributed by atoms with van der Waals surface area (Å²) in [6.07, 6.45) is 3.85. The molecule has 1 fully saturated rings. The van der Waals surface area contributed by atoms with Crippen molar-refractivity contribution in [2.75, 3.05) is 19.6 Å². The lowest BCUT2D eigenvalue weighted by Crippen LogP contribution is -2.34. The smallest absolute Gasteiger partial charge is 0.134 e. The van der Waals surface area contributed by atoms with Gasteiger partial charge in [-0.05, 0) is 50.4 Å². The van der Waals surface area contributed by atoms with Crippen LogP contribution in [0.2, 0.25) is 0 Å². The molecule has 1 aromatic carbocycles. The minimum atomic E-state index is 0.215. The quantitative estimate of drug-likeness (QED) is 0.929. The van der Waals surface area contributed by atoms with Crippen LogP contribution < -0.4 is 5.73 Å². The molecule has 0 aliphatic carbocycles. The van der Waals surface area contributed by atoms with Crippen LogP contribution in [0.5, 0.6) is 0 Å². The summed E-state index contributed by atoms with van der Waals surface area (Å²) >= 11 is 0. The highest BCUT2D eigenvalue weighted by Gasteiger charge is 2.24. The fourth-order valence-corrected chi connectivity index (χ4v) is 3.21. The van der Waals surface area contributed by atoms with E-state index in [9.17, 15) is 0 Å². The summed E-state index contributed by atoms with van der Waals surface area (Å²) in [6, 6.07) is 10.6. The molecule has 1 aliphatic heterocycles. The molecular weight excluding hydrogens is 248 g/mol. The van der Waals surface area contributed by atoms with Gasteiger partial charge in [-0.3, -0.25) is 4.90 Å². The first-order valence-corrected chi connectivity index (χ1v) is 7.70. The molecule has 2 heterocycles. The van der Waals surface area contributed by atoms with Crippen LogP contribution in [0.15, 0.2) is 34.7 Å². The number of furan rings is 1. The maximum Gasteiger partial charge on any atom is 0.134 e. The van der Waals surface area contributed by atoms with Crippen LogP contribution in [0.25, 0.3) is 11.0 Å². The number of hydrogen-bond donors (Lipinski definition) is 1. The number of likely N-dealkylation sites (tertiary alicyclic amines) is 1. The van der Waals surface area contributed by atoms with Gasteiger partial charge in [0, 0.05) is 11.9 Å². The molecule has 108 valence electrons. The SMILES string of the molecule is CC1CCCN(C(CN)c2cc3ccccc3o2)CC1. The predicted octanol–water partition coefficient (Wildman–Crippen LogP) is 3.55. The van der Waals surface area contributed by atoms with Crippen molar-refractivity contribution in [2.24, 2.45) is 11.7 Å². The number of hydrogen-bond acceptors (Lipinski definition) is 3. The molecule has 2 atom stereocenters. The Morgan fingerprint density at radius 1 is 1.30 bits per heavy atom. The summed E-state index contributed by atoms with van der Waals surface area (Å²) in [5, 5.41) is 1.17. The maximum absolute atomic E-state index is 6.04. The minimum Gasteiger partial charge on any atom is -0.459 e. The summed E-state index contributed by atoms with van der Waals surface area (Å²) in [7, 11) is 0. The topological polar surface area (TPSA) is 42.4 Å². The fourth-order valence-electron chi connectivity index (χ4n) is 3.21. The molecule has 3 nitrogen and oxygen atoms in total. The minimum absolute atomic E-state index is 0.215. The zero-order chi connectivity index (χ0) is 13.9. The summed E-state index contributed by atoms with van der Waals surface area (Å²) in [6.45, 7) is 5.22. The second kappa shape index (κ2) is 5.98. The molecule has 3 heteroatoms. The molecular formula is C17H24N2O. The van der Waals surface area contributed by atoms with E-state index in [1.807, 2.05) is 18.2 Å². The van der Waals surface area contributed by atoms with E-state index >= 15 is 0 Å². The molecule has 0 saturated carbocycles. The van der Waals surface area contributed by atoms with Gasteiger partial charge in [0.2, 0.25) is 0 Å². The van der Waals surface area contributed by atoms with Crippen molar-refractivity contribution in [1.29, 1.82) is 0 Å². The van der Waals surface area contributed by atoms with Crippen molar-refractivity contribution in [2.45, 2.75) is 32.2 Å². The molecule has 1 aliphatic rings. The Morgan fingerprint density at radius 2 is 2.15 bits per heavy atom. The van der Waals surface area contributed by atoms with Crippen molar-refractivity contribution in [1.82, 2.24) is 4.90 Å². The molecule has 0 bridgehead atoms. The lowest BCUT2D eigenvalue weighted by molar-refractivity contribution is 0.186. The van der Waals surface area contributed by atoms with E-state index in [0.29, 0.717) is 6.54 Å². The van der Waals surface area contributed by atoms with Gasteiger partial charge in [0.05, 0.1) is 6.04 Å². The largest absolute Gasteiger partial charge is 0.459 e. The van der Waals surface area contributed by atoms with Gasteiger partial charge in [-0.1, -0.05) is 25.1 Å². The number of para-hydroxylation sites is 1. The van der Waals surface area contributed by atoms with E-state index in [4.69, 9.17) is 10.2 Å². The Morgan fingerprint density at radius 3 is 2.95 bits per heavy atom. The van der Waals surface area contributed by atoms with Gasteiger partial charge in [0.25, 0.3) is 0 Å². The van der Waals surface area contributed by atoms with Crippen molar-refractivity contribution in [3.8, 4) is 0 Å². The molecule has 2 aromatic rings. The third kappa shape index (κ3) is 2.74. The average Bonchev–Trinajstić information content (AvgIpc) is 2.77. The number of nitrogens with two attached hydrogens (primary N) is 1. The van der Waals surface area contributed by atoms with Crippen molar-refractivity contribution in [3.05, 3.63) is 36.1 Å². The van der Waals surface area contributed by atoms with Gasteiger partial charge in [-0.15, -0.1) is 0 Å². The van der Waals surface area contributed by atoms with E-state index in [1.54, 1.807) is 0 Å². The summed E-state index contributed by atoms with van der Waals surface area (Å²) < 4.78 is 6.02. The molecule has 1 saturated heterocycles. The predicted molar refractivity (Wildman–Crippen MR) is 82.6 cm³/mol. The molecule has 0 amide bonds. The highest BCUT2D eigenvalue weighted by Crippen LogP contribution is 2.29. The molecule has 1 aromatic heterocycles. The monoisotopic (exact) mass is 272 g/mol. The van der Waals surface area contributed by atoms with Gasteiger partial charge < -0.3 is 10.2 Å². The van der Waals surface area contributed by atoms with Gasteiger partial charge in [0.15, 0.2) is 0 Å². The van der Waals surface area contributed by atoms with Crippen LogP contribution in [0, 0.1) is 5.92 Å². The molecule has 0 spiro atoms. The highest BCUT2D eigenvalue weighted by molar-refractivity contribution is 5.77. The second-order valence-corrected chi connectivity index (χ2v) is 6.01. The number of benzene rings is 1. The standard InChI is InChI=1S/C17H24N2O/c1-13-5-4-9-19(10-8-13)15(12-18)17-11-14-6-2-3-7-16(14)20-17/h2-3,6-7,11,13,15H,4-5,8-10,12,18H2,1H3. The zero-order valence-corrected chi connectivity index (χ0v) is 12.2. The third-order valence-electron chi connectivity index (χ3n) is 4.49. The van der Waals surface area contributed by atoms with Gasteiger partial charge in [0.1, 0.15) is 11.3 Å². The van der Waals surface area contributed by atoms with Crippen LogP contribution in [-0.4, -0.2) is 24.5 Å². The maximum atomic E-state index is 6.04. The van der Waals surface area contributed by atoms with Crippen molar-refractivity contribution in [3.63, 3.8) is 0 Å². The first kappa shape index (κ1) is 13.7. The summed E-state index contributed by atoms with van der Waals surface area (Å²) in [4.78, 5) is 2.50. The molecule has 0 radical (unpaired) electrons.